The summed E-state index contributed by atoms with van der Waals surface area (Å²) >= 11 is 0. The molecule has 1 saturated heterocycles. The summed E-state index contributed by atoms with van der Waals surface area (Å²) in [6.45, 7) is 4.29. The molecular weight excluding hydrogens is 256 g/mol. The number of amides is 3. The average molecular weight is 274 g/mol. The molecule has 0 radical (unpaired) electrons. The number of urea groups is 1. The summed E-state index contributed by atoms with van der Waals surface area (Å²) in [5, 5.41) is 2.60. The molecule has 0 aliphatic carbocycles. The summed E-state index contributed by atoms with van der Waals surface area (Å²) < 4.78 is 5.19. The minimum Gasteiger partial charge on any atom is -0.496 e. The summed E-state index contributed by atoms with van der Waals surface area (Å²) in [5.74, 6) is 0.520. The molecule has 1 aliphatic heterocycles. The van der Waals surface area contributed by atoms with Crippen LogP contribution >= 0.6 is 0 Å². The van der Waals surface area contributed by atoms with Gasteiger partial charge in [0.25, 0.3) is 5.91 Å². The largest absolute Gasteiger partial charge is 0.496 e. The lowest BCUT2D eigenvalue weighted by atomic mass is 10.1. The van der Waals surface area contributed by atoms with E-state index in [1.807, 2.05) is 32.0 Å². The normalized spacial score (nSPS) is 16.8. The van der Waals surface area contributed by atoms with Crippen molar-refractivity contribution in [1.82, 2.24) is 10.2 Å². The first kappa shape index (κ1) is 14.1. The number of carbonyl (C=O) groups is 2. The Balaban J connectivity index is 2.26. The van der Waals surface area contributed by atoms with E-state index in [1.165, 1.54) is 4.90 Å². The molecule has 1 fully saturated rings. The van der Waals surface area contributed by atoms with Crippen LogP contribution in [-0.4, -0.2) is 30.5 Å². The van der Waals surface area contributed by atoms with E-state index < -0.39 is 0 Å². The molecule has 0 bridgehead atoms. The van der Waals surface area contributed by atoms with E-state index in [0.717, 1.165) is 23.3 Å². The predicted octanol–water partition coefficient (Wildman–Crippen LogP) is 2.31. The first-order valence-electron chi connectivity index (χ1n) is 6.56. The third-order valence-electron chi connectivity index (χ3n) is 3.14. The summed E-state index contributed by atoms with van der Waals surface area (Å²) in [6.07, 6.45) is 2.43. The van der Waals surface area contributed by atoms with E-state index >= 15 is 0 Å². The van der Waals surface area contributed by atoms with Gasteiger partial charge in [0, 0.05) is 6.54 Å². The van der Waals surface area contributed by atoms with Crippen LogP contribution in [0.15, 0.2) is 23.9 Å². The van der Waals surface area contributed by atoms with Gasteiger partial charge in [0.1, 0.15) is 11.4 Å². The van der Waals surface area contributed by atoms with Crippen molar-refractivity contribution in [2.75, 3.05) is 13.7 Å². The summed E-state index contributed by atoms with van der Waals surface area (Å²) in [5.41, 5.74) is 2.14. The van der Waals surface area contributed by atoms with Crippen molar-refractivity contribution in [2.24, 2.45) is 0 Å². The van der Waals surface area contributed by atoms with E-state index in [9.17, 15) is 9.59 Å². The number of nitrogens with zero attached hydrogens (tertiary/aromatic N) is 1. The number of nitrogens with one attached hydrogen (secondary N) is 1. The number of hydrogen-bond acceptors (Lipinski definition) is 3. The van der Waals surface area contributed by atoms with Crippen molar-refractivity contribution in [2.45, 2.75) is 20.3 Å². The second-order valence-corrected chi connectivity index (χ2v) is 4.67. The molecule has 106 valence electrons. The summed E-state index contributed by atoms with van der Waals surface area (Å²) in [6, 6.07) is 5.25. The van der Waals surface area contributed by atoms with Gasteiger partial charge in [0.15, 0.2) is 0 Å². The fourth-order valence-electron chi connectivity index (χ4n) is 2.16. The number of aryl methyl sites for hydroxylation is 1. The molecule has 20 heavy (non-hydrogen) atoms. The number of carbonyl (C=O) groups excluding carboxylic acids is 2. The molecule has 1 N–H and O–H groups in total. The van der Waals surface area contributed by atoms with E-state index in [1.54, 1.807) is 13.2 Å². The van der Waals surface area contributed by atoms with Gasteiger partial charge in [-0.1, -0.05) is 13.0 Å². The minimum absolute atomic E-state index is 0.273. The fraction of sp³-hybridized carbons (Fsp3) is 0.333. The molecule has 0 aromatic heterocycles. The summed E-state index contributed by atoms with van der Waals surface area (Å²) in [4.78, 5) is 25.0. The van der Waals surface area contributed by atoms with Gasteiger partial charge in [0.2, 0.25) is 0 Å². The van der Waals surface area contributed by atoms with Crippen molar-refractivity contribution in [3.8, 4) is 5.75 Å². The maximum absolute atomic E-state index is 12.1. The van der Waals surface area contributed by atoms with E-state index in [4.69, 9.17) is 4.74 Å². The predicted molar refractivity (Wildman–Crippen MR) is 76.2 cm³/mol. The number of methoxy groups -OCH3 is 1. The number of ether oxygens (including phenoxy) is 1. The van der Waals surface area contributed by atoms with Crippen molar-refractivity contribution in [3.05, 3.63) is 35.0 Å². The first-order valence-corrected chi connectivity index (χ1v) is 6.56. The van der Waals surface area contributed by atoms with Gasteiger partial charge in [-0.05, 0) is 42.7 Å². The molecule has 0 unspecified atom stereocenters. The highest BCUT2D eigenvalue weighted by molar-refractivity contribution is 6.13. The topological polar surface area (TPSA) is 58.6 Å². The highest BCUT2D eigenvalue weighted by Gasteiger charge is 2.32. The Kier molecular flexibility index (Phi) is 4.08. The molecule has 0 atom stereocenters. The SMILES string of the molecule is CCCN1C(=O)N/C(=C/c2ccc(OC)c(C)c2)C1=O. The van der Waals surface area contributed by atoms with Crippen LogP contribution in [0.2, 0.25) is 0 Å². The second kappa shape index (κ2) is 5.77. The van der Waals surface area contributed by atoms with Gasteiger partial charge in [-0.15, -0.1) is 0 Å². The maximum atomic E-state index is 12.1. The van der Waals surface area contributed by atoms with E-state index in [2.05, 4.69) is 5.32 Å². The Labute approximate surface area is 118 Å². The molecule has 2 rings (SSSR count). The third kappa shape index (κ3) is 2.66. The molecule has 5 nitrogen and oxygen atoms in total. The lowest BCUT2D eigenvalue weighted by molar-refractivity contribution is -0.122. The Morgan fingerprint density at radius 3 is 2.70 bits per heavy atom. The van der Waals surface area contributed by atoms with Gasteiger partial charge >= 0.3 is 6.03 Å². The smallest absolute Gasteiger partial charge is 0.329 e. The molecule has 3 amide bonds. The van der Waals surface area contributed by atoms with Gasteiger partial charge in [-0.25, -0.2) is 4.79 Å². The molecule has 0 spiro atoms. The zero-order valence-electron chi connectivity index (χ0n) is 11.9. The van der Waals surface area contributed by atoms with Crippen LogP contribution in [0.5, 0.6) is 5.75 Å². The summed E-state index contributed by atoms with van der Waals surface area (Å²) in [7, 11) is 1.61. The lowest BCUT2D eigenvalue weighted by Crippen LogP contribution is -2.31. The minimum atomic E-state index is -0.353. The molecule has 0 saturated carbocycles. The fourth-order valence-corrected chi connectivity index (χ4v) is 2.16. The van der Waals surface area contributed by atoms with Crippen molar-refractivity contribution in [1.29, 1.82) is 0 Å². The van der Waals surface area contributed by atoms with Crippen LogP contribution in [0.25, 0.3) is 6.08 Å². The van der Waals surface area contributed by atoms with Gasteiger partial charge in [-0.2, -0.15) is 0 Å². The van der Waals surface area contributed by atoms with Crippen LogP contribution in [0.1, 0.15) is 24.5 Å². The molecular formula is C15H18N2O3. The van der Waals surface area contributed by atoms with Gasteiger partial charge in [0.05, 0.1) is 7.11 Å². The van der Waals surface area contributed by atoms with Crippen molar-refractivity contribution < 1.29 is 14.3 Å². The average Bonchev–Trinajstić information content (AvgIpc) is 2.67. The molecule has 1 aliphatic rings. The quantitative estimate of drug-likeness (QED) is 0.677. The van der Waals surface area contributed by atoms with Crippen molar-refractivity contribution >= 4 is 18.0 Å². The molecule has 1 heterocycles. The lowest BCUT2D eigenvalue weighted by Gasteiger charge is -2.08. The Bertz CT molecular complexity index is 578. The van der Waals surface area contributed by atoms with E-state index in [-0.39, 0.29) is 11.9 Å². The Morgan fingerprint density at radius 2 is 2.10 bits per heavy atom. The van der Waals surface area contributed by atoms with Gasteiger partial charge < -0.3 is 10.1 Å². The zero-order chi connectivity index (χ0) is 14.7. The number of hydrogen-bond donors (Lipinski definition) is 1. The van der Waals surface area contributed by atoms with Crippen LogP contribution in [0.3, 0.4) is 0 Å². The highest BCUT2D eigenvalue weighted by atomic mass is 16.5. The van der Waals surface area contributed by atoms with Crippen molar-refractivity contribution in [3.63, 3.8) is 0 Å². The van der Waals surface area contributed by atoms with E-state index in [0.29, 0.717) is 12.2 Å². The molecule has 1 aromatic carbocycles. The first-order chi connectivity index (χ1) is 9.56. The van der Waals surface area contributed by atoms with Crippen LogP contribution in [0, 0.1) is 6.92 Å². The maximum Gasteiger partial charge on any atom is 0.329 e. The Hall–Kier alpha value is -2.30. The number of rotatable bonds is 4. The standard InChI is InChI=1S/C15H18N2O3/c1-4-7-17-14(18)12(16-15(17)19)9-11-5-6-13(20-3)10(2)8-11/h5-6,8-9H,4,7H2,1-3H3,(H,16,19)/b12-9+. The number of imide groups is 1. The van der Waals surface area contributed by atoms with Crippen LogP contribution < -0.4 is 10.1 Å². The molecule has 1 aromatic rings. The van der Waals surface area contributed by atoms with Crippen LogP contribution in [-0.2, 0) is 4.79 Å². The third-order valence-corrected chi connectivity index (χ3v) is 3.14. The van der Waals surface area contributed by atoms with Gasteiger partial charge in [-0.3, -0.25) is 9.69 Å². The highest BCUT2D eigenvalue weighted by Crippen LogP contribution is 2.21. The monoisotopic (exact) mass is 274 g/mol. The molecule has 5 heteroatoms. The number of benzene rings is 1. The van der Waals surface area contributed by atoms with Crippen LogP contribution in [0.4, 0.5) is 4.79 Å². The Morgan fingerprint density at radius 1 is 1.35 bits per heavy atom. The second-order valence-electron chi connectivity index (χ2n) is 4.67. The zero-order valence-corrected chi connectivity index (χ0v) is 11.9.